The highest BCUT2D eigenvalue weighted by Gasteiger charge is 2.30. The molecule has 1 rings (SSSR count). The van der Waals surface area contributed by atoms with Crippen LogP contribution in [0.25, 0.3) is 0 Å². The molecule has 0 aromatic heterocycles. The Labute approximate surface area is 95.0 Å². The van der Waals surface area contributed by atoms with Crippen LogP contribution in [0.4, 0.5) is 0 Å². The summed E-state index contributed by atoms with van der Waals surface area (Å²) >= 11 is 0. The maximum atomic E-state index is 12.0. The van der Waals surface area contributed by atoms with Crippen molar-refractivity contribution in [1.29, 1.82) is 10.5 Å². The lowest BCUT2D eigenvalue weighted by Crippen LogP contribution is -2.51. The average molecular weight is 243 g/mol. The van der Waals surface area contributed by atoms with E-state index in [4.69, 9.17) is 10.5 Å². The van der Waals surface area contributed by atoms with Crippen LogP contribution < -0.4 is 5.32 Å². The van der Waals surface area contributed by atoms with Crippen LogP contribution in [0.1, 0.15) is 0 Å². The molecule has 0 radical (unpaired) electrons. The Morgan fingerprint density at radius 1 is 1.19 bits per heavy atom. The van der Waals surface area contributed by atoms with E-state index in [9.17, 15) is 8.42 Å². The molecule has 0 saturated carbocycles. The lowest BCUT2D eigenvalue weighted by molar-refractivity contribution is 0.327. The number of hydrogen-bond acceptors (Lipinski definition) is 5. The molecule has 1 fully saturated rings. The first-order valence-electron chi connectivity index (χ1n) is 4.82. The van der Waals surface area contributed by atoms with E-state index >= 15 is 0 Å². The van der Waals surface area contributed by atoms with Crippen molar-refractivity contribution in [3.05, 3.63) is 0 Å². The van der Waals surface area contributed by atoms with Crippen molar-refractivity contribution in [2.24, 2.45) is 0 Å². The smallest absolute Gasteiger partial charge is 0.283 e. The molecule has 1 heterocycles. The molecule has 0 aromatic carbocycles. The zero-order chi connectivity index (χ0) is 12.0. The van der Waals surface area contributed by atoms with E-state index < -0.39 is 10.2 Å². The van der Waals surface area contributed by atoms with Crippen molar-refractivity contribution in [3.8, 4) is 12.1 Å². The Balaban J connectivity index is 2.80. The number of rotatable bonds is 4. The Morgan fingerprint density at radius 3 is 2.12 bits per heavy atom. The highest BCUT2D eigenvalue weighted by molar-refractivity contribution is 7.86. The highest BCUT2D eigenvalue weighted by atomic mass is 32.2. The van der Waals surface area contributed by atoms with E-state index in [1.165, 1.54) is 4.31 Å². The number of hydrogen-bond donors (Lipinski definition) is 1. The first kappa shape index (κ1) is 12.9. The second kappa shape index (κ2) is 5.77. The summed E-state index contributed by atoms with van der Waals surface area (Å²) in [5.74, 6) is 0. The van der Waals surface area contributed by atoms with Crippen molar-refractivity contribution in [2.75, 3.05) is 39.3 Å². The lowest BCUT2D eigenvalue weighted by Gasteiger charge is -2.30. The summed E-state index contributed by atoms with van der Waals surface area (Å²) in [5, 5.41) is 20.1. The zero-order valence-electron chi connectivity index (χ0n) is 8.76. The van der Waals surface area contributed by atoms with E-state index in [0.717, 1.165) is 4.31 Å². The third-order valence-corrected chi connectivity index (χ3v) is 4.15. The number of nitrogens with zero attached hydrogens (tertiary/aromatic N) is 4. The van der Waals surface area contributed by atoms with Gasteiger partial charge in [-0.2, -0.15) is 27.6 Å². The van der Waals surface area contributed by atoms with Gasteiger partial charge in [-0.1, -0.05) is 0 Å². The molecule has 16 heavy (non-hydrogen) atoms. The summed E-state index contributed by atoms with van der Waals surface area (Å²) in [5.41, 5.74) is 0. The monoisotopic (exact) mass is 243 g/mol. The second-order valence-corrected chi connectivity index (χ2v) is 5.17. The van der Waals surface area contributed by atoms with Crippen LogP contribution in [0.5, 0.6) is 0 Å². The molecule has 0 spiro atoms. The van der Waals surface area contributed by atoms with Crippen LogP contribution >= 0.6 is 0 Å². The maximum Gasteiger partial charge on any atom is 0.283 e. The van der Waals surface area contributed by atoms with Crippen LogP contribution in [0.2, 0.25) is 0 Å². The van der Waals surface area contributed by atoms with Crippen molar-refractivity contribution in [1.82, 2.24) is 13.9 Å². The normalized spacial score (nSPS) is 17.9. The van der Waals surface area contributed by atoms with Gasteiger partial charge in [-0.3, -0.25) is 0 Å². The third kappa shape index (κ3) is 2.90. The summed E-state index contributed by atoms with van der Waals surface area (Å²) in [4.78, 5) is 0. The van der Waals surface area contributed by atoms with Crippen LogP contribution in [0.3, 0.4) is 0 Å². The van der Waals surface area contributed by atoms with Gasteiger partial charge in [0.25, 0.3) is 10.2 Å². The van der Waals surface area contributed by atoms with E-state index in [1.807, 2.05) is 0 Å². The van der Waals surface area contributed by atoms with Crippen molar-refractivity contribution < 1.29 is 8.42 Å². The minimum Gasteiger partial charge on any atom is -0.314 e. The van der Waals surface area contributed by atoms with Gasteiger partial charge in [0.1, 0.15) is 13.1 Å². The Hall–Kier alpha value is -1.19. The minimum absolute atomic E-state index is 0.292. The van der Waals surface area contributed by atoms with Crippen LogP contribution in [-0.4, -0.2) is 56.3 Å². The number of piperazine rings is 1. The van der Waals surface area contributed by atoms with Gasteiger partial charge in [0, 0.05) is 26.2 Å². The average Bonchev–Trinajstić information content (AvgIpc) is 2.30. The van der Waals surface area contributed by atoms with Gasteiger partial charge in [0.15, 0.2) is 0 Å². The molecule has 8 heteroatoms. The Bertz CT molecular complexity index is 385. The van der Waals surface area contributed by atoms with Gasteiger partial charge in [-0.05, 0) is 0 Å². The third-order valence-electron chi connectivity index (χ3n) is 2.22. The fourth-order valence-corrected chi connectivity index (χ4v) is 2.83. The van der Waals surface area contributed by atoms with Crippen LogP contribution in [0.15, 0.2) is 0 Å². The maximum absolute atomic E-state index is 12.0. The molecule has 0 atom stereocenters. The molecule has 1 aliphatic heterocycles. The topological polar surface area (TPSA) is 100 Å². The van der Waals surface area contributed by atoms with E-state index in [2.05, 4.69) is 5.32 Å². The molecule has 88 valence electrons. The predicted octanol–water partition coefficient (Wildman–Crippen LogP) is -1.51. The summed E-state index contributed by atoms with van der Waals surface area (Å²) in [6.45, 7) is 1.34. The van der Waals surface area contributed by atoms with Gasteiger partial charge in [-0.25, -0.2) is 0 Å². The van der Waals surface area contributed by atoms with E-state index in [-0.39, 0.29) is 13.1 Å². The molecular weight excluding hydrogens is 230 g/mol. The number of nitrogens with one attached hydrogen (secondary N) is 1. The van der Waals surface area contributed by atoms with Crippen molar-refractivity contribution >= 4 is 10.2 Å². The van der Waals surface area contributed by atoms with Gasteiger partial charge >= 0.3 is 0 Å². The molecule has 7 nitrogen and oxygen atoms in total. The van der Waals surface area contributed by atoms with Gasteiger partial charge in [0.05, 0.1) is 12.1 Å². The van der Waals surface area contributed by atoms with Crippen molar-refractivity contribution in [3.63, 3.8) is 0 Å². The molecule has 0 unspecified atom stereocenters. The molecule has 1 N–H and O–H groups in total. The largest absolute Gasteiger partial charge is 0.314 e. The lowest BCUT2D eigenvalue weighted by atomic mass is 10.4. The fourth-order valence-electron chi connectivity index (χ4n) is 1.42. The fraction of sp³-hybridized carbons (Fsp3) is 0.750. The highest BCUT2D eigenvalue weighted by Crippen LogP contribution is 2.08. The van der Waals surface area contributed by atoms with Gasteiger partial charge in [0.2, 0.25) is 0 Å². The minimum atomic E-state index is -3.67. The standard InChI is InChI=1S/C8H13N5O2S/c9-1-5-12(6-2-10)16(14,15)13-7-3-11-4-8-13/h11H,3-8H2. The van der Waals surface area contributed by atoms with E-state index in [1.54, 1.807) is 12.1 Å². The molecule has 0 aromatic rings. The van der Waals surface area contributed by atoms with Crippen molar-refractivity contribution in [2.45, 2.75) is 0 Å². The van der Waals surface area contributed by atoms with Crippen LogP contribution in [0, 0.1) is 22.7 Å². The Morgan fingerprint density at radius 2 is 1.69 bits per heavy atom. The van der Waals surface area contributed by atoms with E-state index in [0.29, 0.717) is 26.2 Å². The molecule has 0 amide bonds. The summed E-state index contributed by atoms with van der Waals surface area (Å²) in [7, 11) is -3.67. The first-order chi connectivity index (χ1) is 7.62. The molecule has 1 aliphatic rings. The van der Waals surface area contributed by atoms with Gasteiger partial charge < -0.3 is 5.32 Å². The summed E-state index contributed by atoms with van der Waals surface area (Å²) in [6.07, 6.45) is 0. The summed E-state index contributed by atoms with van der Waals surface area (Å²) < 4.78 is 26.2. The molecule has 1 saturated heterocycles. The quantitative estimate of drug-likeness (QED) is 0.605. The van der Waals surface area contributed by atoms with Gasteiger partial charge in [-0.15, -0.1) is 0 Å². The van der Waals surface area contributed by atoms with Crippen LogP contribution in [-0.2, 0) is 10.2 Å². The summed E-state index contributed by atoms with van der Waals surface area (Å²) in [6, 6.07) is 3.50. The SMILES string of the molecule is N#CCN(CC#N)S(=O)(=O)N1CCNCC1. The second-order valence-electron chi connectivity index (χ2n) is 3.24. The molecule has 0 bridgehead atoms. The zero-order valence-corrected chi connectivity index (χ0v) is 9.57. The first-order valence-corrected chi connectivity index (χ1v) is 6.22. The molecule has 0 aliphatic carbocycles. The predicted molar refractivity (Wildman–Crippen MR) is 56.2 cm³/mol. The number of nitriles is 2. The Kier molecular flexibility index (Phi) is 4.65. The molecular formula is C8H13N5O2S.